The molecule has 3 aromatic rings. The van der Waals surface area contributed by atoms with Crippen LogP contribution in [0.4, 0.5) is 11.5 Å². The quantitative estimate of drug-likeness (QED) is 0.336. The van der Waals surface area contributed by atoms with Crippen molar-refractivity contribution >= 4 is 46.3 Å². The topological polar surface area (TPSA) is 125 Å². The Balaban J connectivity index is 1.42. The monoisotopic (exact) mass is 501 g/mol. The fourth-order valence-electron chi connectivity index (χ4n) is 4.18. The number of halogens is 1. The number of aromatic nitrogens is 4. The van der Waals surface area contributed by atoms with Gasteiger partial charge in [0.25, 0.3) is 5.91 Å². The molecule has 0 aromatic carbocycles. The molecular weight excluding hydrogens is 474 g/mol. The van der Waals surface area contributed by atoms with Gasteiger partial charge < -0.3 is 16.0 Å². The molecule has 3 aromatic heterocycles. The summed E-state index contributed by atoms with van der Waals surface area (Å²) in [4.78, 5) is 31.8. The maximum absolute atomic E-state index is 13.1. The van der Waals surface area contributed by atoms with E-state index >= 15 is 0 Å². The summed E-state index contributed by atoms with van der Waals surface area (Å²) >= 11 is 7.47. The highest BCUT2D eigenvalue weighted by Gasteiger charge is 2.28. The highest BCUT2D eigenvalue weighted by molar-refractivity contribution is 7.14. The molecule has 1 fully saturated rings. The van der Waals surface area contributed by atoms with Crippen LogP contribution in [0.5, 0.6) is 0 Å². The fourth-order valence-corrected chi connectivity index (χ4v) is 5.25. The van der Waals surface area contributed by atoms with E-state index in [1.165, 1.54) is 17.5 Å². The van der Waals surface area contributed by atoms with Gasteiger partial charge in [-0.25, -0.2) is 0 Å². The largest absolute Gasteiger partial charge is 0.376 e. The Morgan fingerprint density at radius 3 is 2.82 bits per heavy atom. The van der Waals surface area contributed by atoms with Crippen molar-refractivity contribution in [2.75, 3.05) is 10.6 Å². The average Bonchev–Trinajstić information content (AvgIpc) is 3.58. The summed E-state index contributed by atoms with van der Waals surface area (Å²) in [5.41, 5.74) is 1.69. The van der Waals surface area contributed by atoms with Crippen molar-refractivity contribution in [2.24, 2.45) is 5.92 Å². The molecule has 3 heterocycles. The lowest BCUT2D eigenvalue weighted by molar-refractivity contribution is -0.118. The third kappa shape index (κ3) is 6.12. The molecule has 0 radical (unpaired) electrons. The van der Waals surface area contributed by atoms with Crippen LogP contribution in [0.15, 0.2) is 30.6 Å². The number of H-pyrrole nitrogens is 1. The molecule has 2 unspecified atom stereocenters. The standard InChI is InChI=1S/C23H28ClN7O2S/c1-13-17(10-16(24)11-25-13)27-14(2)19-7-8-20(34-19)23(33)28-18(9-15-5-3-4-6-15)22(32)29-21-12-26-31-30-21/h7-8,10-12,14-15,18,27H,3-6,9H2,1-2H3,(H,28,33)(H2,26,29,30,31,32). The fraction of sp³-hybridized carbons (Fsp3) is 0.435. The first kappa shape index (κ1) is 24.2. The van der Waals surface area contributed by atoms with Crippen LogP contribution in [0.25, 0.3) is 0 Å². The second-order valence-electron chi connectivity index (χ2n) is 8.61. The van der Waals surface area contributed by atoms with Gasteiger partial charge in [-0.05, 0) is 44.4 Å². The minimum absolute atomic E-state index is 0.0460. The van der Waals surface area contributed by atoms with E-state index in [0.29, 0.717) is 28.1 Å². The van der Waals surface area contributed by atoms with Crippen LogP contribution in [0.3, 0.4) is 0 Å². The smallest absolute Gasteiger partial charge is 0.262 e. The number of thiophene rings is 1. The normalized spacial score (nSPS) is 15.6. The molecule has 2 amide bonds. The number of amides is 2. The van der Waals surface area contributed by atoms with E-state index in [0.717, 1.165) is 41.9 Å². The van der Waals surface area contributed by atoms with E-state index in [-0.39, 0.29) is 17.9 Å². The molecule has 1 aliphatic rings. The number of anilines is 2. The number of carbonyl (C=O) groups excluding carboxylic acids is 2. The van der Waals surface area contributed by atoms with Gasteiger partial charge in [0.1, 0.15) is 6.04 Å². The number of aromatic amines is 1. The summed E-state index contributed by atoms with van der Waals surface area (Å²) in [6, 6.07) is 4.86. The van der Waals surface area contributed by atoms with Gasteiger partial charge in [-0.3, -0.25) is 19.7 Å². The lowest BCUT2D eigenvalue weighted by Gasteiger charge is -2.20. The summed E-state index contributed by atoms with van der Waals surface area (Å²) in [6.07, 6.45) is 8.20. The van der Waals surface area contributed by atoms with Crippen molar-refractivity contribution in [3.8, 4) is 0 Å². The van der Waals surface area contributed by atoms with Crippen LogP contribution >= 0.6 is 22.9 Å². The van der Waals surface area contributed by atoms with Gasteiger partial charge in [0.05, 0.1) is 33.5 Å². The van der Waals surface area contributed by atoms with Crippen molar-refractivity contribution in [3.63, 3.8) is 0 Å². The number of carbonyl (C=O) groups is 2. The second-order valence-corrected chi connectivity index (χ2v) is 10.2. The SMILES string of the molecule is Cc1ncc(Cl)cc1NC(C)c1ccc(C(=O)NC(CC2CCCC2)C(=O)Nc2c[nH]nn2)s1. The molecule has 1 aliphatic carbocycles. The van der Waals surface area contributed by atoms with E-state index in [1.54, 1.807) is 12.3 Å². The summed E-state index contributed by atoms with van der Waals surface area (Å²) in [7, 11) is 0. The summed E-state index contributed by atoms with van der Waals surface area (Å²) in [6.45, 7) is 3.93. The van der Waals surface area contributed by atoms with Gasteiger partial charge in [-0.1, -0.05) is 42.5 Å². The number of hydrogen-bond acceptors (Lipinski definition) is 7. The van der Waals surface area contributed by atoms with Gasteiger partial charge in [-0.15, -0.1) is 16.4 Å². The maximum Gasteiger partial charge on any atom is 0.262 e. The Morgan fingerprint density at radius 1 is 1.29 bits per heavy atom. The number of aryl methyl sites for hydroxylation is 1. The number of rotatable bonds is 9. The predicted octanol–water partition coefficient (Wildman–Crippen LogP) is 4.71. The number of pyridine rings is 1. The maximum atomic E-state index is 13.1. The Morgan fingerprint density at radius 2 is 2.09 bits per heavy atom. The molecule has 9 nitrogen and oxygen atoms in total. The minimum Gasteiger partial charge on any atom is -0.376 e. The van der Waals surface area contributed by atoms with Crippen LogP contribution in [-0.4, -0.2) is 38.3 Å². The number of nitrogens with one attached hydrogen (secondary N) is 4. The van der Waals surface area contributed by atoms with Crippen LogP contribution < -0.4 is 16.0 Å². The second kappa shape index (κ2) is 11.0. The Bertz CT molecular complexity index is 1130. The van der Waals surface area contributed by atoms with Crippen molar-refractivity contribution in [3.05, 3.63) is 51.1 Å². The zero-order valence-electron chi connectivity index (χ0n) is 19.1. The predicted molar refractivity (Wildman–Crippen MR) is 133 cm³/mol. The van der Waals surface area contributed by atoms with Gasteiger partial charge >= 0.3 is 0 Å². The Kier molecular flexibility index (Phi) is 7.79. The van der Waals surface area contributed by atoms with Crippen molar-refractivity contribution in [2.45, 2.75) is 58.0 Å². The molecule has 0 saturated heterocycles. The summed E-state index contributed by atoms with van der Waals surface area (Å²) in [5, 5.41) is 19.6. The van der Waals surface area contributed by atoms with Crippen molar-refractivity contribution in [1.82, 2.24) is 25.7 Å². The molecular formula is C23H28ClN7O2S. The molecule has 2 atom stereocenters. The molecule has 1 saturated carbocycles. The molecule has 0 aliphatic heterocycles. The summed E-state index contributed by atoms with van der Waals surface area (Å²) in [5.74, 6) is 0.207. The summed E-state index contributed by atoms with van der Waals surface area (Å²) < 4.78 is 0. The van der Waals surface area contributed by atoms with Crippen LogP contribution in [0.1, 0.15) is 65.3 Å². The van der Waals surface area contributed by atoms with Gasteiger partial charge in [0.2, 0.25) is 5.91 Å². The third-order valence-corrected chi connectivity index (χ3v) is 7.51. The van der Waals surface area contributed by atoms with Gasteiger partial charge in [0, 0.05) is 11.1 Å². The van der Waals surface area contributed by atoms with Crippen molar-refractivity contribution in [1.29, 1.82) is 0 Å². The molecule has 180 valence electrons. The molecule has 11 heteroatoms. The molecule has 0 bridgehead atoms. The molecule has 4 rings (SSSR count). The highest BCUT2D eigenvalue weighted by atomic mass is 35.5. The third-order valence-electron chi connectivity index (χ3n) is 6.04. The van der Waals surface area contributed by atoms with E-state index in [2.05, 4.69) is 36.3 Å². The van der Waals surface area contributed by atoms with Gasteiger partial charge in [-0.2, -0.15) is 0 Å². The zero-order valence-corrected chi connectivity index (χ0v) is 20.7. The van der Waals surface area contributed by atoms with E-state index in [9.17, 15) is 9.59 Å². The van der Waals surface area contributed by atoms with Crippen molar-refractivity contribution < 1.29 is 9.59 Å². The first-order valence-electron chi connectivity index (χ1n) is 11.4. The van der Waals surface area contributed by atoms with Gasteiger partial charge in [0.15, 0.2) is 5.82 Å². The van der Waals surface area contributed by atoms with Crippen LogP contribution in [0, 0.1) is 12.8 Å². The van der Waals surface area contributed by atoms with E-state index in [1.807, 2.05) is 26.0 Å². The average molecular weight is 502 g/mol. The molecule has 4 N–H and O–H groups in total. The molecule has 0 spiro atoms. The highest BCUT2D eigenvalue weighted by Crippen LogP contribution is 2.30. The Labute approximate surface area is 207 Å². The first-order valence-corrected chi connectivity index (χ1v) is 12.5. The molecule has 34 heavy (non-hydrogen) atoms. The first-order chi connectivity index (χ1) is 16.4. The zero-order chi connectivity index (χ0) is 24.1. The van der Waals surface area contributed by atoms with E-state index < -0.39 is 6.04 Å². The Hall–Kier alpha value is -2.98. The minimum atomic E-state index is -0.645. The lowest BCUT2D eigenvalue weighted by Crippen LogP contribution is -2.44. The lowest BCUT2D eigenvalue weighted by atomic mass is 9.97. The van der Waals surface area contributed by atoms with Crippen LogP contribution in [-0.2, 0) is 4.79 Å². The van der Waals surface area contributed by atoms with Crippen LogP contribution in [0.2, 0.25) is 5.02 Å². The number of hydrogen-bond donors (Lipinski definition) is 4. The van der Waals surface area contributed by atoms with E-state index in [4.69, 9.17) is 11.6 Å². The number of nitrogens with zero attached hydrogens (tertiary/aromatic N) is 3.